The van der Waals surface area contributed by atoms with Crippen LogP contribution in [0.25, 0.3) is 0 Å². The molecule has 0 bridgehead atoms. The maximum Gasteiger partial charge on any atom is 0.407 e. The fraction of sp³-hybridized carbons (Fsp3) is 0.605. The van der Waals surface area contributed by atoms with E-state index in [-0.39, 0.29) is 41.9 Å². The summed E-state index contributed by atoms with van der Waals surface area (Å²) in [5.74, 6) is 0.316. The molecule has 0 aliphatic rings. The molecule has 0 aliphatic heterocycles. The molecule has 2 N–H and O–H groups in total. The minimum Gasteiger partial charge on any atom is -0.453 e. The van der Waals surface area contributed by atoms with E-state index in [1.165, 1.54) is 28.1 Å². The molecule has 0 aromatic heterocycles. The van der Waals surface area contributed by atoms with Crippen molar-refractivity contribution in [3.8, 4) is 0 Å². The van der Waals surface area contributed by atoms with Crippen LogP contribution >= 0.6 is 0 Å². The summed E-state index contributed by atoms with van der Waals surface area (Å²) >= 11 is 0. The van der Waals surface area contributed by atoms with Crippen LogP contribution in [0.2, 0.25) is 0 Å². The van der Waals surface area contributed by atoms with Gasteiger partial charge in [-0.25, -0.2) is 9.59 Å². The second kappa shape index (κ2) is 46.0. The van der Waals surface area contributed by atoms with Crippen molar-refractivity contribution >= 4 is 29.5 Å². The van der Waals surface area contributed by atoms with Crippen molar-refractivity contribution in [2.24, 2.45) is 0 Å². The summed E-state index contributed by atoms with van der Waals surface area (Å²) in [6.07, 6.45) is 0.154. The van der Waals surface area contributed by atoms with Gasteiger partial charge in [0.1, 0.15) is 17.3 Å². The molecule has 2 aromatic rings. The van der Waals surface area contributed by atoms with Gasteiger partial charge in [0, 0.05) is 18.9 Å². The number of nitrogens with zero attached hydrogens (tertiary/aromatic N) is 1. The molecule has 10 heteroatoms. The quantitative estimate of drug-likeness (QED) is 0.207. The fourth-order valence-corrected chi connectivity index (χ4v) is 4.10. The number of hydrogen-bond donors (Lipinski definition) is 2. The Hall–Kier alpha value is -4.05. The van der Waals surface area contributed by atoms with Gasteiger partial charge in [-0.15, -0.1) is 0 Å². The highest BCUT2D eigenvalue weighted by Crippen LogP contribution is 2.16. The third kappa shape index (κ3) is 37.5. The normalized spacial score (nSPS) is 10.4. The van der Waals surface area contributed by atoms with Crippen molar-refractivity contribution in [3.05, 3.63) is 71.8 Å². The topological polar surface area (TPSA) is 131 Å². The molecule has 2 amide bonds. The molecule has 0 heterocycles. The number of amides is 2. The molecule has 2 aromatic carbocycles. The summed E-state index contributed by atoms with van der Waals surface area (Å²) in [5.41, 5.74) is 1.97. The number of hydrogen-bond acceptors (Lipinski definition) is 8. The zero-order valence-electron chi connectivity index (χ0n) is 36.8. The van der Waals surface area contributed by atoms with Crippen molar-refractivity contribution in [2.45, 2.75) is 148 Å². The lowest BCUT2D eigenvalue weighted by atomic mass is 10.0. The third-order valence-corrected chi connectivity index (χ3v) is 6.49. The standard InChI is InChI=1S/C13H17NO3.C12H15NO3.C8H17NO.5C2H6/c1-10(15)8-12(14-13(16)17-2)9-11-6-4-3-5-7-11;1-9(14)8-11(13-12(15)16-2)10-6-4-3-5-7-10;1-5-9(6-2)7(3)8(4)10;5*1-2/h3-7,12H,8-9H2,1-2H3,(H,14,16);3-7,11H,8H2,1-2H3,(H,13,15);7H,5-6H2,1-4H3;5*1-2H3/t12-;11-;;;;;;/m01....../s1. The monoisotopic (exact) mass is 750 g/mol. The number of nitrogens with one attached hydrogen (secondary N) is 2. The van der Waals surface area contributed by atoms with Gasteiger partial charge in [0.2, 0.25) is 0 Å². The van der Waals surface area contributed by atoms with E-state index in [0.29, 0.717) is 12.8 Å². The van der Waals surface area contributed by atoms with Crippen LogP contribution in [0.1, 0.15) is 141 Å². The predicted octanol–water partition coefficient (Wildman–Crippen LogP) is 10.4. The average Bonchev–Trinajstić information content (AvgIpc) is 3.19. The van der Waals surface area contributed by atoms with Gasteiger partial charge in [-0.05, 0) is 58.3 Å². The van der Waals surface area contributed by atoms with E-state index in [0.717, 1.165) is 24.2 Å². The van der Waals surface area contributed by atoms with Crippen LogP contribution < -0.4 is 10.6 Å². The minimum atomic E-state index is -0.532. The number of rotatable bonds is 13. The number of ether oxygens (including phenoxy) is 2. The Morgan fingerprint density at radius 3 is 1.30 bits per heavy atom. The number of likely N-dealkylation sites (N-methyl/N-ethyl adjacent to an activating group) is 1. The van der Waals surface area contributed by atoms with Crippen LogP contribution in [0.5, 0.6) is 0 Å². The molecule has 2 rings (SSSR count). The van der Waals surface area contributed by atoms with E-state index in [2.05, 4.69) is 38.9 Å². The van der Waals surface area contributed by atoms with E-state index < -0.39 is 12.2 Å². The van der Waals surface area contributed by atoms with Gasteiger partial charge in [-0.3, -0.25) is 19.3 Å². The second-order valence-corrected chi connectivity index (χ2v) is 9.94. The molecule has 3 atom stereocenters. The first-order valence-corrected chi connectivity index (χ1v) is 19.4. The molecule has 0 saturated carbocycles. The van der Waals surface area contributed by atoms with Crippen LogP contribution in [0.3, 0.4) is 0 Å². The molecule has 308 valence electrons. The number of benzene rings is 2. The largest absolute Gasteiger partial charge is 0.453 e. The van der Waals surface area contributed by atoms with Gasteiger partial charge >= 0.3 is 12.2 Å². The molecule has 53 heavy (non-hydrogen) atoms. The zero-order valence-corrected chi connectivity index (χ0v) is 36.8. The summed E-state index contributed by atoms with van der Waals surface area (Å²) in [7, 11) is 2.60. The smallest absolute Gasteiger partial charge is 0.407 e. The van der Waals surface area contributed by atoms with E-state index >= 15 is 0 Å². The SMILES string of the molecule is CC.CC.CC.CC.CC.CCN(CC)C(C)C(C)=O.COC(=O)N[C@@H](CC(C)=O)Cc1ccccc1.COC(=O)N[C@H](CC(C)=O)c1ccccc1. The lowest BCUT2D eigenvalue weighted by Crippen LogP contribution is -2.37. The van der Waals surface area contributed by atoms with Crippen LogP contribution in [-0.2, 0) is 30.3 Å². The highest BCUT2D eigenvalue weighted by molar-refractivity contribution is 5.81. The number of carbonyl (C=O) groups excluding carboxylic acids is 5. The molecule has 0 aliphatic carbocycles. The van der Waals surface area contributed by atoms with Crippen molar-refractivity contribution in [2.75, 3.05) is 27.3 Å². The molecule has 0 saturated heterocycles. The van der Waals surface area contributed by atoms with Gasteiger partial charge in [0.05, 0.1) is 26.3 Å². The third-order valence-electron chi connectivity index (χ3n) is 6.49. The number of alkyl carbamates (subject to hydrolysis) is 2. The summed E-state index contributed by atoms with van der Waals surface area (Å²) in [6, 6.07) is 18.6. The van der Waals surface area contributed by atoms with Crippen molar-refractivity contribution in [1.82, 2.24) is 15.5 Å². The lowest BCUT2D eigenvalue weighted by molar-refractivity contribution is -0.121. The first-order valence-electron chi connectivity index (χ1n) is 19.4. The van der Waals surface area contributed by atoms with Crippen molar-refractivity contribution < 1.29 is 33.4 Å². The second-order valence-electron chi connectivity index (χ2n) is 9.94. The van der Waals surface area contributed by atoms with Gasteiger partial charge in [0.25, 0.3) is 0 Å². The predicted molar refractivity (Wildman–Crippen MR) is 225 cm³/mol. The lowest BCUT2D eigenvalue weighted by Gasteiger charge is -2.23. The van der Waals surface area contributed by atoms with Crippen molar-refractivity contribution in [3.63, 3.8) is 0 Å². The van der Waals surface area contributed by atoms with E-state index in [1.54, 1.807) is 6.92 Å². The summed E-state index contributed by atoms with van der Waals surface area (Å²) in [6.45, 7) is 32.7. The molecular formula is C43H79N3O7. The summed E-state index contributed by atoms with van der Waals surface area (Å²) in [5, 5.41) is 5.30. The Kier molecular flexibility index (Phi) is 52.9. The maximum atomic E-state index is 11.1. The Balaban J connectivity index is -0.000000142. The molecule has 0 fully saturated rings. The molecule has 0 radical (unpaired) electrons. The Bertz CT molecular complexity index is 1110. The van der Waals surface area contributed by atoms with Crippen LogP contribution in [0.4, 0.5) is 9.59 Å². The van der Waals surface area contributed by atoms with Crippen LogP contribution in [0.15, 0.2) is 60.7 Å². The fourth-order valence-electron chi connectivity index (χ4n) is 4.10. The Morgan fingerprint density at radius 2 is 0.981 bits per heavy atom. The molecule has 10 nitrogen and oxygen atoms in total. The molecule has 0 spiro atoms. The molecular weight excluding hydrogens is 670 g/mol. The van der Waals surface area contributed by atoms with E-state index in [9.17, 15) is 24.0 Å². The van der Waals surface area contributed by atoms with Crippen LogP contribution in [0, 0.1) is 0 Å². The van der Waals surface area contributed by atoms with Crippen LogP contribution in [-0.4, -0.2) is 73.8 Å². The number of carbonyl (C=O) groups is 5. The first-order chi connectivity index (χ1) is 25.4. The van der Waals surface area contributed by atoms with Gasteiger partial charge in [-0.2, -0.15) is 0 Å². The first kappa shape index (κ1) is 61.0. The van der Waals surface area contributed by atoms with E-state index in [4.69, 9.17) is 0 Å². The zero-order chi connectivity index (χ0) is 42.8. The highest BCUT2D eigenvalue weighted by atomic mass is 16.5. The number of methoxy groups -OCH3 is 2. The number of ketones is 3. The minimum absolute atomic E-state index is 0.0188. The summed E-state index contributed by atoms with van der Waals surface area (Å²) in [4.78, 5) is 57.5. The van der Waals surface area contributed by atoms with Crippen molar-refractivity contribution in [1.29, 1.82) is 0 Å². The number of Topliss-reactive ketones (excluding diaryl/α,β-unsaturated/α-hetero) is 3. The summed E-state index contributed by atoms with van der Waals surface area (Å²) < 4.78 is 9.06. The van der Waals surface area contributed by atoms with Gasteiger partial charge < -0.3 is 20.1 Å². The highest BCUT2D eigenvalue weighted by Gasteiger charge is 2.17. The maximum absolute atomic E-state index is 11.1. The Labute approximate surface area is 325 Å². The van der Waals surface area contributed by atoms with Gasteiger partial charge in [-0.1, -0.05) is 144 Å². The average molecular weight is 750 g/mol. The van der Waals surface area contributed by atoms with Gasteiger partial charge in [0.15, 0.2) is 0 Å². The van der Waals surface area contributed by atoms with E-state index in [1.807, 2.05) is 137 Å². The molecule has 1 unspecified atom stereocenters. The Morgan fingerprint density at radius 1 is 0.604 bits per heavy atom.